The van der Waals surface area contributed by atoms with Gasteiger partial charge in [-0.25, -0.2) is 0 Å². The van der Waals surface area contributed by atoms with Crippen LogP contribution in [0.1, 0.15) is 31.9 Å². The number of halogens is 1. The molecule has 0 bridgehead atoms. The molecule has 2 rings (SSSR count). The van der Waals surface area contributed by atoms with Gasteiger partial charge in [-0.2, -0.15) is 0 Å². The van der Waals surface area contributed by atoms with E-state index in [9.17, 15) is 0 Å². The van der Waals surface area contributed by atoms with Crippen LogP contribution >= 0.6 is 15.9 Å². The Kier molecular flexibility index (Phi) is 5.60. The smallest absolute Gasteiger partial charge is 0.0732 e. The maximum absolute atomic E-state index is 5.81. The van der Waals surface area contributed by atoms with Gasteiger partial charge in [0, 0.05) is 35.4 Å². The summed E-state index contributed by atoms with van der Waals surface area (Å²) in [5, 5.41) is 3.60. The van der Waals surface area contributed by atoms with Gasteiger partial charge in [0.2, 0.25) is 0 Å². The molecule has 1 fully saturated rings. The second-order valence-electron chi connectivity index (χ2n) is 4.78. The highest BCUT2D eigenvalue weighted by molar-refractivity contribution is 9.10. The van der Waals surface area contributed by atoms with E-state index >= 15 is 0 Å². The SMILES string of the molecule is CCCNC(Cc1ccc(Br)cn1)C1CCCO1. The number of hydrogen-bond donors (Lipinski definition) is 1. The van der Waals surface area contributed by atoms with E-state index in [1.807, 2.05) is 6.20 Å². The third kappa shape index (κ3) is 4.04. The van der Waals surface area contributed by atoms with Crippen molar-refractivity contribution >= 4 is 15.9 Å². The Morgan fingerprint density at radius 3 is 3.06 bits per heavy atom. The van der Waals surface area contributed by atoms with Gasteiger partial charge in [-0.15, -0.1) is 0 Å². The molecule has 0 radical (unpaired) electrons. The van der Waals surface area contributed by atoms with Gasteiger partial charge in [0.25, 0.3) is 0 Å². The van der Waals surface area contributed by atoms with Crippen LogP contribution in [0.5, 0.6) is 0 Å². The van der Waals surface area contributed by atoms with Gasteiger partial charge in [0.15, 0.2) is 0 Å². The molecule has 2 atom stereocenters. The zero-order chi connectivity index (χ0) is 12.8. The molecule has 0 saturated carbocycles. The van der Waals surface area contributed by atoms with Crippen LogP contribution in [-0.4, -0.2) is 30.3 Å². The molecule has 1 N–H and O–H groups in total. The molecule has 0 aliphatic carbocycles. The Morgan fingerprint density at radius 1 is 1.56 bits per heavy atom. The van der Waals surface area contributed by atoms with Crippen molar-refractivity contribution in [2.24, 2.45) is 0 Å². The van der Waals surface area contributed by atoms with Gasteiger partial charge in [0.05, 0.1) is 6.10 Å². The molecule has 100 valence electrons. The summed E-state index contributed by atoms with van der Waals surface area (Å²) in [6.45, 7) is 4.14. The number of nitrogens with zero attached hydrogens (tertiary/aromatic N) is 1. The second-order valence-corrected chi connectivity index (χ2v) is 5.70. The first kappa shape index (κ1) is 14.0. The van der Waals surface area contributed by atoms with Crippen molar-refractivity contribution in [3.8, 4) is 0 Å². The van der Waals surface area contributed by atoms with Crippen molar-refractivity contribution in [1.29, 1.82) is 0 Å². The van der Waals surface area contributed by atoms with Crippen molar-refractivity contribution in [2.75, 3.05) is 13.2 Å². The van der Waals surface area contributed by atoms with Crippen molar-refractivity contribution in [3.63, 3.8) is 0 Å². The summed E-state index contributed by atoms with van der Waals surface area (Å²) < 4.78 is 6.84. The maximum atomic E-state index is 5.81. The number of aromatic nitrogens is 1. The largest absolute Gasteiger partial charge is 0.377 e. The fraction of sp³-hybridized carbons (Fsp3) is 0.643. The summed E-state index contributed by atoms with van der Waals surface area (Å²) in [4.78, 5) is 4.46. The van der Waals surface area contributed by atoms with Crippen molar-refractivity contribution in [1.82, 2.24) is 10.3 Å². The average Bonchev–Trinajstić information content (AvgIpc) is 2.90. The molecule has 1 aliphatic rings. The standard InChI is InChI=1S/C14H21BrN2O/c1-2-7-16-13(14-4-3-8-18-14)9-12-6-5-11(15)10-17-12/h5-6,10,13-14,16H,2-4,7-9H2,1H3. The highest BCUT2D eigenvalue weighted by Gasteiger charge is 2.25. The summed E-state index contributed by atoms with van der Waals surface area (Å²) in [5.41, 5.74) is 1.13. The Balaban J connectivity index is 1.97. The van der Waals surface area contributed by atoms with E-state index in [-0.39, 0.29) is 0 Å². The zero-order valence-corrected chi connectivity index (χ0v) is 12.4. The molecular weight excluding hydrogens is 292 g/mol. The lowest BCUT2D eigenvalue weighted by molar-refractivity contribution is 0.0781. The lowest BCUT2D eigenvalue weighted by Crippen LogP contribution is -2.41. The van der Waals surface area contributed by atoms with Gasteiger partial charge in [-0.05, 0) is 53.9 Å². The first-order valence-electron chi connectivity index (χ1n) is 6.75. The van der Waals surface area contributed by atoms with Gasteiger partial charge in [-0.3, -0.25) is 4.98 Å². The fourth-order valence-corrected chi connectivity index (χ4v) is 2.57. The van der Waals surface area contributed by atoms with E-state index in [2.05, 4.69) is 45.3 Å². The Hall–Kier alpha value is -0.450. The van der Waals surface area contributed by atoms with Crippen molar-refractivity contribution < 1.29 is 4.74 Å². The first-order valence-corrected chi connectivity index (χ1v) is 7.54. The highest BCUT2D eigenvalue weighted by Crippen LogP contribution is 2.18. The molecule has 0 aromatic carbocycles. The van der Waals surface area contributed by atoms with E-state index in [1.165, 1.54) is 6.42 Å². The van der Waals surface area contributed by atoms with E-state index in [0.717, 1.165) is 42.6 Å². The van der Waals surface area contributed by atoms with Crippen molar-refractivity contribution in [2.45, 2.75) is 44.8 Å². The number of rotatable bonds is 6. The average molecular weight is 313 g/mol. The third-order valence-electron chi connectivity index (χ3n) is 3.29. The Morgan fingerprint density at radius 2 is 2.44 bits per heavy atom. The number of nitrogens with one attached hydrogen (secondary N) is 1. The minimum absolute atomic E-state index is 0.349. The lowest BCUT2D eigenvalue weighted by atomic mass is 10.0. The van der Waals surface area contributed by atoms with Crippen molar-refractivity contribution in [3.05, 3.63) is 28.5 Å². The van der Waals surface area contributed by atoms with Crippen LogP contribution in [0.15, 0.2) is 22.8 Å². The number of ether oxygens (including phenoxy) is 1. The molecule has 0 amide bonds. The van der Waals surface area contributed by atoms with Crippen LogP contribution in [0.3, 0.4) is 0 Å². The molecule has 18 heavy (non-hydrogen) atoms. The third-order valence-corrected chi connectivity index (χ3v) is 3.76. The second kappa shape index (κ2) is 7.22. The summed E-state index contributed by atoms with van der Waals surface area (Å²) in [5.74, 6) is 0. The van der Waals surface area contributed by atoms with Crippen LogP contribution < -0.4 is 5.32 Å². The first-order chi connectivity index (χ1) is 8.79. The molecule has 4 heteroatoms. The van der Waals surface area contributed by atoms with Crippen LogP contribution in [0.25, 0.3) is 0 Å². The quantitative estimate of drug-likeness (QED) is 0.877. The van der Waals surface area contributed by atoms with Gasteiger partial charge >= 0.3 is 0 Å². The van der Waals surface area contributed by atoms with E-state index in [0.29, 0.717) is 12.1 Å². The van der Waals surface area contributed by atoms with Gasteiger partial charge in [0.1, 0.15) is 0 Å². The Bertz CT molecular complexity index is 349. The van der Waals surface area contributed by atoms with Gasteiger partial charge < -0.3 is 10.1 Å². The number of pyridine rings is 1. The summed E-state index contributed by atoms with van der Waals surface area (Å²) in [6.07, 6.45) is 6.65. The molecule has 1 aromatic heterocycles. The topological polar surface area (TPSA) is 34.2 Å². The minimum Gasteiger partial charge on any atom is -0.377 e. The molecule has 3 nitrogen and oxygen atoms in total. The minimum atomic E-state index is 0.349. The summed E-state index contributed by atoms with van der Waals surface area (Å²) in [7, 11) is 0. The highest BCUT2D eigenvalue weighted by atomic mass is 79.9. The summed E-state index contributed by atoms with van der Waals surface area (Å²) in [6, 6.07) is 4.52. The van der Waals surface area contributed by atoms with Gasteiger partial charge in [-0.1, -0.05) is 6.92 Å². The molecule has 2 heterocycles. The predicted octanol–water partition coefficient (Wildman–Crippen LogP) is 2.93. The zero-order valence-electron chi connectivity index (χ0n) is 10.9. The predicted molar refractivity (Wildman–Crippen MR) is 76.7 cm³/mol. The lowest BCUT2D eigenvalue weighted by Gasteiger charge is -2.24. The molecule has 1 aliphatic heterocycles. The monoisotopic (exact) mass is 312 g/mol. The fourth-order valence-electron chi connectivity index (χ4n) is 2.34. The normalized spacial score (nSPS) is 21.1. The maximum Gasteiger partial charge on any atom is 0.0732 e. The van der Waals surface area contributed by atoms with Crippen LogP contribution in [0.2, 0.25) is 0 Å². The summed E-state index contributed by atoms with van der Waals surface area (Å²) >= 11 is 3.42. The molecule has 0 spiro atoms. The molecule has 1 saturated heterocycles. The molecule has 1 aromatic rings. The molecular formula is C14H21BrN2O. The molecule has 2 unspecified atom stereocenters. The van der Waals surface area contributed by atoms with Crippen LogP contribution in [-0.2, 0) is 11.2 Å². The van der Waals surface area contributed by atoms with E-state index in [1.54, 1.807) is 0 Å². The van der Waals surface area contributed by atoms with E-state index in [4.69, 9.17) is 4.74 Å². The van der Waals surface area contributed by atoms with E-state index < -0.39 is 0 Å². The Labute approximate surface area is 117 Å². The van der Waals surface area contributed by atoms with Crippen LogP contribution in [0.4, 0.5) is 0 Å². The van der Waals surface area contributed by atoms with Crippen LogP contribution in [0, 0.1) is 0 Å². The number of hydrogen-bond acceptors (Lipinski definition) is 3.